The minimum absolute atomic E-state index is 0.0444. The lowest BCUT2D eigenvalue weighted by Crippen LogP contribution is -2.45. The maximum atomic E-state index is 12.3. The van der Waals surface area contributed by atoms with Gasteiger partial charge in [0.15, 0.2) is 5.11 Å². The fraction of sp³-hybridized carbons (Fsp3) is 0.300. The highest BCUT2D eigenvalue weighted by molar-refractivity contribution is 7.80. The van der Waals surface area contributed by atoms with Crippen LogP contribution in [0.15, 0.2) is 54.6 Å². The summed E-state index contributed by atoms with van der Waals surface area (Å²) in [6, 6.07) is 16.9. The minimum Gasteiger partial charge on any atom is -0.493 e. The molecule has 138 valence electrons. The third-order valence-corrected chi connectivity index (χ3v) is 4.09. The van der Waals surface area contributed by atoms with Crippen LogP contribution in [0.3, 0.4) is 0 Å². The predicted octanol–water partition coefficient (Wildman–Crippen LogP) is 2.68. The molecule has 0 heterocycles. The molecule has 0 bridgehead atoms. The number of carbonyl (C=O) groups excluding carboxylic acids is 1. The highest BCUT2D eigenvalue weighted by atomic mass is 32.1. The zero-order valence-corrected chi connectivity index (χ0v) is 15.6. The molecule has 1 amide bonds. The largest absolute Gasteiger partial charge is 0.493 e. The van der Waals surface area contributed by atoms with Gasteiger partial charge in [0.1, 0.15) is 5.75 Å². The third-order valence-electron chi connectivity index (χ3n) is 3.87. The number of aliphatic hydroxyl groups excluding tert-OH is 1. The molecule has 0 saturated heterocycles. The number of carbonyl (C=O) groups is 1. The van der Waals surface area contributed by atoms with Crippen molar-refractivity contribution in [1.82, 2.24) is 10.6 Å². The van der Waals surface area contributed by atoms with E-state index >= 15 is 0 Å². The lowest BCUT2D eigenvalue weighted by atomic mass is 10.2. The van der Waals surface area contributed by atoms with Crippen LogP contribution in [0, 0.1) is 0 Å². The Morgan fingerprint density at radius 1 is 1.19 bits per heavy atom. The van der Waals surface area contributed by atoms with Gasteiger partial charge in [-0.3, -0.25) is 10.1 Å². The molecular formula is C20H24N2O3S. The van der Waals surface area contributed by atoms with Crippen LogP contribution in [-0.2, 0) is 6.42 Å². The Bertz CT molecular complexity index is 718. The van der Waals surface area contributed by atoms with Crippen molar-refractivity contribution >= 4 is 23.2 Å². The molecule has 0 aromatic heterocycles. The molecule has 2 aromatic carbocycles. The average Bonchev–Trinajstić information content (AvgIpc) is 2.67. The molecule has 2 rings (SSSR count). The highest BCUT2D eigenvalue weighted by Gasteiger charge is 2.11. The van der Waals surface area contributed by atoms with E-state index in [4.69, 9.17) is 17.0 Å². The summed E-state index contributed by atoms with van der Waals surface area (Å²) >= 11 is 5.11. The van der Waals surface area contributed by atoms with E-state index in [2.05, 4.69) is 22.8 Å². The van der Waals surface area contributed by atoms with Crippen LogP contribution in [0.2, 0.25) is 0 Å². The van der Waals surface area contributed by atoms with Crippen molar-refractivity contribution in [2.45, 2.75) is 25.8 Å². The predicted molar refractivity (Wildman–Crippen MR) is 106 cm³/mol. The Hall–Kier alpha value is -2.44. The average molecular weight is 372 g/mol. The number of aliphatic hydroxyl groups is 1. The number of amides is 1. The number of hydrogen-bond acceptors (Lipinski definition) is 4. The van der Waals surface area contributed by atoms with Crippen molar-refractivity contribution in [3.63, 3.8) is 0 Å². The van der Waals surface area contributed by atoms with E-state index in [0.717, 1.165) is 6.42 Å². The Kier molecular flexibility index (Phi) is 8.05. The lowest BCUT2D eigenvalue weighted by Gasteiger charge is -2.16. The molecule has 26 heavy (non-hydrogen) atoms. The van der Waals surface area contributed by atoms with Crippen LogP contribution in [0.5, 0.6) is 5.75 Å². The van der Waals surface area contributed by atoms with Gasteiger partial charge in [-0.15, -0.1) is 0 Å². The summed E-state index contributed by atoms with van der Waals surface area (Å²) in [6.07, 6.45) is 1.50. The number of hydrogen-bond donors (Lipinski definition) is 3. The fourth-order valence-corrected chi connectivity index (χ4v) is 2.59. The van der Waals surface area contributed by atoms with Crippen LogP contribution in [-0.4, -0.2) is 35.4 Å². The summed E-state index contributed by atoms with van der Waals surface area (Å²) in [5, 5.41) is 14.9. The normalized spacial score (nSPS) is 11.5. The van der Waals surface area contributed by atoms with Crippen molar-refractivity contribution in [2.75, 3.05) is 13.2 Å². The van der Waals surface area contributed by atoms with E-state index in [-0.39, 0.29) is 23.7 Å². The summed E-state index contributed by atoms with van der Waals surface area (Å²) in [6.45, 7) is 2.41. The van der Waals surface area contributed by atoms with Crippen molar-refractivity contribution in [2.24, 2.45) is 0 Å². The van der Waals surface area contributed by atoms with Crippen LogP contribution in [0.1, 0.15) is 29.3 Å². The van der Waals surface area contributed by atoms with Crippen LogP contribution in [0.25, 0.3) is 0 Å². The zero-order valence-electron chi connectivity index (χ0n) is 14.8. The number of benzene rings is 2. The monoisotopic (exact) mass is 372 g/mol. The summed E-state index contributed by atoms with van der Waals surface area (Å²) in [5.41, 5.74) is 1.66. The minimum atomic E-state index is -0.316. The molecule has 3 N–H and O–H groups in total. The van der Waals surface area contributed by atoms with Crippen LogP contribution < -0.4 is 15.4 Å². The Morgan fingerprint density at radius 2 is 1.96 bits per heavy atom. The van der Waals surface area contributed by atoms with E-state index in [9.17, 15) is 9.90 Å². The molecule has 0 aliphatic heterocycles. The van der Waals surface area contributed by atoms with E-state index in [1.807, 2.05) is 31.2 Å². The quantitative estimate of drug-likeness (QED) is 0.622. The molecule has 0 fully saturated rings. The summed E-state index contributed by atoms with van der Waals surface area (Å²) in [5.74, 6) is 0.318. The summed E-state index contributed by atoms with van der Waals surface area (Å²) in [4.78, 5) is 12.3. The molecule has 0 saturated carbocycles. The van der Waals surface area contributed by atoms with E-state index in [0.29, 0.717) is 24.3 Å². The first-order valence-electron chi connectivity index (χ1n) is 8.62. The maximum Gasteiger partial charge on any atom is 0.257 e. The molecule has 0 aliphatic carbocycles. The molecule has 1 unspecified atom stereocenters. The van der Waals surface area contributed by atoms with E-state index in [1.54, 1.807) is 18.2 Å². The summed E-state index contributed by atoms with van der Waals surface area (Å²) in [7, 11) is 0. The molecule has 0 aliphatic rings. The Morgan fingerprint density at radius 3 is 2.65 bits per heavy atom. The maximum absolute atomic E-state index is 12.3. The molecule has 2 aromatic rings. The van der Waals surface area contributed by atoms with Crippen molar-refractivity contribution in [3.05, 3.63) is 65.7 Å². The molecule has 0 radical (unpaired) electrons. The fourth-order valence-electron chi connectivity index (χ4n) is 2.33. The van der Waals surface area contributed by atoms with Gasteiger partial charge in [0.25, 0.3) is 5.91 Å². The van der Waals surface area contributed by atoms with Gasteiger partial charge in [-0.25, -0.2) is 0 Å². The summed E-state index contributed by atoms with van der Waals surface area (Å²) < 4.78 is 5.74. The number of rotatable bonds is 8. The van der Waals surface area contributed by atoms with E-state index < -0.39 is 0 Å². The van der Waals surface area contributed by atoms with Gasteiger partial charge in [-0.1, -0.05) is 43.3 Å². The standard InChI is InChI=1S/C20H24N2O3S/c1-2-17(14-23)21-20(26)22-19(24)16-9-6-10-18(13-16)25-12-11-15-7-4-3-5-8-15/h3-10,13,17,23H,2,11-12,14H2,1H3,(H2,21,22,24,26). The molecule has 0 spiro atoms. The smallest absolute Gasteiger partial charge is 0.257 e. The first kappa shape index (κ1) is 19.9. The van der Waals surface area contributed by atoms with Gasteiger partial charge < -0.3 is 15.2 Å². The zero-order chi connectivity index (χ0) is 18.8. The second-order valence-corrected chi connectivity index (χ2v) is 6.24. The molecule has 5 nitrogen and oxygen atoms in total. The van der Waals surface area contributed by atoms with Crippen molar-refractivity contribution in [3.8, 4) is 5.75 Å². The SMILES string of the molecule is CCC(CO)NC(=S)NC(=O)c1cccc(OCCc2ccccc2)c1. The van der Waals surface area contributed by atoms with Crippen LogP contribution >= 0.6 is 12.2 Å². The topological polar surface area (TPSA) is 70.6 Å². The van der Waals surface area contributed by atoms with E-state index in [1.165, 1.54) is 5.56 Å². The van der Waals surface area contributed by atoms with Gasteiger partial charge in [-0.2, -0.15) is 0 Å². The van der Waals surface area contributed by atoms with Gasteiger partial charge >= 0.3 is 0 Å². The highest BCUT2D eigenvalue weighted by Crippen LogP contribution is 2.14. The molecule has 1 atom stereocenters. The second kappa shape index (κ2) is 10.5. The Labute approximate surface area is 159 Å². The number of ether oxygens (including phenoxy) is 1. The lowest BCUT2D eigenvalue weighted by molar-refractivity contribution is 0.0975. The third kappa shape index (κ3) is 6.46. The van der Waals surface area contributed by atoms with Gasteiger partial charge in [0, 0.05) is 12.0 Å². The first-order valence-corrected chi connectivity index (χ1v) is 9.02. The van der Waals surface area contributed by atoms with Crippen LogP contribution in [0.4, 0.5) is 0 Å². The molecule has 6 heteroatoms. The second-order valence-electron chi connectivity index (χ2n) is 5.83. The van der Waals surface area contributed by atoms with Crippen molar-refractivity contribution < 1.29 is 14.6 Å². The number of nitrogens with one attached hydrogen (secondary N) is 2. The first-order chi connectivity index (χ1) is 12.6. The Balaban J connectivity index is 1.87. The van der Waals surface area contributed by atoms with Gasteiger partial charge in [0.2, 0.25) is 0 Å². The number of thiocarbonyl (C=S) groups is 1. The van der Waals surface area contributed by atoms with Gasteiger partial charge in [0.05, 0.1) is 19.3 Å². The van der Waals surface area contributed by atoms with Crippen molar-refractivity contribution in [1.29, 1.82) is 0 Å². The molecular weight excluding hydrogens is 348 g/mol. The van der Waals surface area contributed by atoms with Gasteiger partial charge in [-0.05, 0) is 42.4 Å².